The average Bonchev–Trinajstić information content (AvgIpc) is 2.38. The molecule has 0 saturated carbocycles. The minimum atomic E-state index is -0.431. The summed E-state index contributed by atoms with van der Waals surface area (Å²) in [6.45, 7) is 4.09. The standard InChI is InChI=1S/C16H19NO/c1-12-3-5-14(6-4-12)7-8-16(18)15-11-17-10-9-13(15)2/h3-6,9-11,16,18H,7-8H2,1-2H3. The maximum absolute atomic E-state index is 10.2. The number of aliphatic hydroxyl groups is 1. The second-order valence-electron chi connectivity index (χ2n) is 4.77. The zero-order valence-electron chi connectivity index (χ0n) is 10.9. The molecule has 2 nitrogen and oxygen atoms in total. The normalized spacial score (nSPS) is 12.4. The molecule has 2 rings (SSSR count). The van der Waals surface area contributed by atoms with E-state index in [1.54, 1.807) is 12.4 Å². The SMILES string of the molecule is Cc1ccc(CCC(O)c2cnccc2C)cc1. The molecule has 1 unspecified atom stereocenters. The van der Waals surface area contributed by atoms with Crippen molar-refractivity contribution in [2.75, 3.05) is 0 Å². The molecule has 0 spiro atoms. The molecule has 1 heterocycles. The maximum Gasteiger partial charge on any atom is 0.0810 e. The molecule has 0 bridgehead atoms. The average molecular weight is 241 g/mol. The van der Waals surface area contributed by atoms with E-state index in [-0.39, 0.29) is 0 Å². The molecule has 94 valence electrons. The quantitative estimate of drug-likeness (QED) is 0.890. The van der Waals surface area contributed by atoms with Gasteiger partial charge in [0.15, 0.2) is 0 Å². The van der Waals surface area contributed by atoms with Crippen LogP contribution in [0.4, 0.5) is 0 Å². The molecule has 18 heavy (non-hydrogen) atoms. The highest BCUT2D eigenvalue weighted by molar-refractivity contribution is 5.25. The van der Waals surface area contributed by atoms with E-state index < -0.39 is 6.10 Å². The van der Waals surface area contributed by atoms with E-state index in [4.69, 9.17) is 0 Å². The first-order valence-corrected chi connectivity index (χ1v) is 6.31. The van der Waals surface area contributed by atoms with E-state index in [0.717, 1.165) is 24.0 Å². The van der Waals surface area contributed by atoms with E-state index in [1.165, 1.54) is 11.1 Å². The predicted molar refractivity (Wildman–Crippen MR) is 73.4 cm³/mol. The minimum Gasteiger partial charge on any atom is -0.388 e. The number of pyridine rings is 1. The molecule has 1 aromatic carbocycles. The summed E-state index contributed by atoms with van der Waals surface area (Å²) in [5.74, 6) is 0. The molecule has 2 heteroatoms. The van der Waals surface area contributed by atoms with Gasteiger partial charge in [-0.3, -0.25) is 4.98 Å². The zero-order chi connectivity index (χ0) is 13.0. The molecule has 0 aliphatic carbocycles. The van der Waals surface area contributed by atoms with Gasteiger partial charge in [-0.05, 0) is 43.9 Å². The van der Waals surface area contributed by atoms with Gasteiger partial charge in [-0.15, -0.1) is 0 Å². The van der Waals surface area contributed by atoms with Crippen LogP contribution in [0.1, 0.15) is 34.8 Å². The second kappa shape index (κ2) is 5.78. The van der Waals surface area contributed by atoms with Gasteiger partial charge in [-0.25, -0.2) is 0 Å². The van der Waals surface area contributed by atoms with Gasteiger partial charge in [0.05, 0.1) is 6.10 Å². The summed E-state index contributed by atoms with van der Waals surface area (Å²) in [5, 5.41) is 10.2. The van der Waals surface area contributed by atoms with Crippen LogP contribution in [-0.2, 0) is 6.42 Å². The monoisotopic (exact) mass is 241 g/mol. The molecule has 0 aliphatic rings. The summed E-state index contributed by atoms with van der Waals surface area (Å²) in [6, 6.07) is 10.4. The van der Waals surface area contributed by atoms with Crippen LogP contribution in [0, 0.1) is 13.8 Å². The Labute approximate surface area is 108 Å². The number of nitrogens with zero attached hydrogens (tertiary/aromatic N) is 1. The Morgan fingerprint density at radius 1 is 1.11 bits per heavy atom. The van der Waals surface area contributed by atoms with Crippen LogP contribution in [-0.4, -0.2) is 10.1 Å². The minimum absolute atomic E-state index is 0.431. The summed E-state index contributed by atoms with van der Waals surface area (Å²) >= 11 is 0. The molecule has 1 N–H and O–H groups in total. The van der Waals surface area contributed by atoms with Crippen LogP contribution in [0.5, 0.6) is 0 Å². The van der Waals surface area contributed by atoms with Crippen molar-refractivity contribution in [2.24, 2.45) is 0 Å². The Balaban J connectivity index is 1.98. The summed E-state index contributed by atoms with van der Waals surface area (Å²) in [7, 11) is 0. The van der Waals surface area contributed by atoms with Gasteiger partial charge in [-0.2, -0.15) is 0 Å². The number of aliphatic hydroxyl groups excluding tert-OH is 1. The van der Waals surface area contributed by atoms with Gasteiger partial charge in [0, 0.05) is 18.0 Å². The lowest BCUT2D eigenvalue weighted by Gasteiger charge is -2.13. The molecule has 0 fully saturated rings. The van der Waals surface area contributed by atoms with E-state index in [9.17, 15) is 5.11 Å². The third-order valence-corrected chi connectivity index (χ3v) is 3.27. The molecule has 0 saturated heterocycles. The van der Waals surface area contributed by atoms with Crippen LogP contribution in [0.3, 0.4) is 0 Å². The Kier molecular flexibility index (Phi) is 4.11. The highest BCUT2D eigenvalue weighted by Crippen LogP contribution is 2.21. The van der Waals surface area contributed by atoms with Crippen molar-refractivity contribution < 1.29 is 5.11 Å². The lowest BCUT2D eigenvalue weighted by Crippen LogP contribution is -2.02. The van der Waals surface area contributed by atoms with Crippen molar-refractivity contribution in [3.05, 3.63) is 65.0 Å². The van der Waals surface area contributed by atoms with Crippen LogP contribution < -0.4 is 0 Å². The van der Waals surface area contributed by atoms with Gasteiger partial charge < -0.3 is 5.11 Å². The first kappa shape index (κ1) is 12.8. The van der Waals surface area contributed by atoms with Crippen molar-refractivity contribution in [3.8, 4) is 0 Å². The van der Waals surface area contributed by atoms with E-state index in [2.05, 4.69) is 36.2 Å². The molecule has 1 aromatic heterocycles. The Hall–Kier alpha value is -1.67. The third kappa shape index (κ3) is 3.17. The Bertz CT molecular complexity index is 505. The number of rotatable bonds is 4. The van der Waals surface area contributed by atoms with E-state index in [1.807, 2.05) is 13.0 Å². The van der Waals surface area contributed by atoms with Crippen molar-refractivity contribution in [1.29, 1.82) is 0 Å². The second-order valence-corrected chi connectivity index (χ2v) is 4.77. The molecule has 0 aliphatic heterocycles. The van der Waals surface area contributed by atoms with Gasteiger partial charge >= 0.3 is 0 Å². The van der Waals surface area contributed by atoms with Crippen LogP contribution >= 0.6 is 0 Å². The number of aromatic nitrogens is 1. The number of aryl methyl sites for hydroxylation is 3. The van der Waals surface area contributed by atoms with Gasteiger partial charge in [0.1, 0.15) is 0 Å². The van der Waals surface area contributed by atoms with Crippen molar-refractivity contribution in [2.45, 2.75) is 32.8 Å². The highest BCUT2D eigenvalue weighted by atomic mass is 16.3. The lowest BCUT2D eigenvalue weighted by atomic mass is 9.99. The first-order chi connectivity index (χ1) is 8.66. The number of benzene rings is 1. The fraction of sp³-hybridized carbons (Fsp3) is 0.312. The van der Waals surface area contributed by atoms with Crippen LogP contribution in [0.2, 0.25) is 0 Å². The fourth-order valence-corrected chi connectivity index (χ4v) is 2.04. The van der Waals surface area contributed by atoms with Crippen molar-refractivity contribution >= 4 is 0 Å². The van der Waals surface area contributed by atoms with Gasteiger partial charge in [-0.1, -0.05) is 29.8 Å². The summed E-state index contributed by atoms with van der Waals surface area (Å²) < 4.78 is 0. The smallest absolute Gasteiger partial charge is 0.0810 e. The van der Waals surface area contributed by atoms with Gasteiger partial charge in [0.2, 0.25) is 0 Å². The predicted octanol–water partition coefficient (Wildman–Crippen LogP) is 3.36. The topological polar surface area (TPSA) is 33.1 Å². The van der Waals surface area contributed by atoms with Crippen LogP contribution in [0.15, 0.2) is 42.7 Å². The summed E-state index contributed by atoms with van der Waals surface area (Å²) in [4.78, 5) is 4.07. The molecule has 0 amide bonds. The number of hydrogen-bond donors (Lipinski definition) is 1. The maximum atomic E-state index is 10.2. The number of hydrogen-bond acceptors (Lipinski definition) is 2. The molecular formula is C16H19NO. The fourth-order valence-electron chi connectivity index (χ4n) is 2.04. The van der Waals surface area contributed by atoms with Crippen molar-refractivity contribution in [3.63, 3.8) is 0 Å². The molecule has 1 atom stereocenters. The summed E-state index contributed by atoms with van der Waals surface area (Å²) in [6.07, 6.45) is 4.70. The zero-order valence-corrected chi connectivity index (χ0v) is 10.9. The largest absolute Gasteiger partial charge is 0.388 e. The third-order valence-electron chi connectivity index (χ3n) is 3.27. The highest BCUT2D eigenvalue weighted by Gasteiger charge is 2.10. The molecule has 2 aromatic rings. The first-order valence-electron chi connectivity index (χ1n) is 6.31. The lowest BCUT2D eigenvalue weighted by molar-refractivity contribution is 0.166. The van der Waals surface area contributed by atoms with Crippen molar-refractivity contribution in [1.82, 2.24) is 4.98 Å². The van der Waals surface area contributed by atoms with E-state index in [0.29, 0.717) is 0 Å². The summed E-state index contributed by atoms with van der Waals surface area (Å²) in [5.41, 5.74) is 4.56. The Morgan fingerprint density at radius 3 is 2.50 bits per heavy atom. The molecule has 0 radical (unpaired) electrons. The molecular weight excluding hydrogens is 222 g/mol. The van der Waals surface area contributed by atoms with Gasteiger partial charge in [0.25, 0.3) is 0 Å². The van der Waals surface area contributed by atoms with Crippen LogP contribution in [0.25, 0.3) is 0 Å². The van der Waals surface area contributed by atoms with E-state index >= 15 is 0 Å². The Morgan fingerprint density at radius 2 is 1.83 bits per heavy atom.